The molecule has 0 spiro atoms. The van der Waals surface area contributed by atoms with Crippen LogP contribution in [-0.2, 0) is 0 Å². The zero-order valence-corrected chi connectivity index (χ0v) is 19.8. The first kappa shape index (κ1) is 21.8. The van der Waals surface area contributed by atoms with Gasteiger partial charge in [-0.1, -0.05) is 109 Å². The number of rotatable bonds is 8. The summed E-state index contributed by atoms with van der Waals surface area (Å²) >= 11 is 0. The summed E-state index contributed by atoms with van der Waals surface area (Å²) in [6.07, 6.45) is 1.04. The quantitative estimate of drug-likeness (QED) is 0.281. The highest BCUT2D eigenvalue weighted by Crippen LogP contribution is 2.49. The largest absolute Gasteiger partial charge is 0.496 e. The zero-order valence-electron chi connectivity index (χ0n) is 17.8. The third-order valence-electron chi connectivity index (χ3n) is 5.59. The fraction of sp³-hybridized carbons (Fsp3) is 0.143. The third kappa shape index (κ3) is 5.24. The van der Waals surface area contributed by atoms with E-state index in [1.165, 1.54) is 21.7 Å². The Bertz CT molecular complexity index is 1030. The summed E-state index contributed by atoms with van der Waals surface area (Å²) in [5.41, 5.74) is 2.73. The lowest BCUT2D eigenvalue weighted by atomic mass is 9.89. The fourth-order valence-corrected chi connectivity index (χ4v) is 7.96. The Hall–Kier alpha value is -2.46. The molecule has 0 aliphatic heterocycles. The molecule has 4 rings (SSSR count). The smallest absolute Gasteiger partial charge is 0.126 e. The first-order valence-corrected chi connectivity index (χ1v) is 12.7. The number of hydrogen-bond donors (Lipinski definition) is 0. The van der Waals surface area contributed by atoms with E-state index < -0.39 is 7.92 Å². The van der Waals surface area contributed by atoms with Gasteiger partial charge in [0.1, 0.15) is 5.75 Å². The van der Waals surface area contributed by atoms with Gasteiger partial charge < -0.3 is 4.74 Å². The van der Waals surface area contributed by atoms with Crippen LogP contribution in [0.1, 0.15) is 23.5 Å². The zero-order chi connectivity index (χ0) is 21.5. The molecule has 0 aromatic heterocycles. The predicted octanol–water partition coefficient (Wildman–Crippen LogP) is 6.55. The number of para-hydroxylation sites is 1. The van der Waals surface area contributed by atoms with Crippen molar-refractivity contribution in [1.82, 2.24) is 0 Å². The van der Waals surface area contributed by atoms with Crippen molar-refractivity contribution < 1.29 is 4.74 Å². The van der Waals surface area contributed by atoms with E-state index in [0.29, 0.717) is 11.3 Å². The molecule has 1 nitrogen and oxygen atoms in total. The summed E-state index contributed by atoms with van der Waals surface area (Å²) < 4.78 is 5.78. The molecule has 31 heavy (non-hydrogen) atoms. The molecule has 0 aliphatic carbocycles. The SMILES string of the molecule is COc1ccccc1P(c1ccccc1)C(P)CC(c1ccccc1)c1ccccc1. The van der Waals surface area contributed by atoms with Gasteiger partial charge in [0.25, 0.3) is 0 Å². The van der Waals surface area contributed by atoms with Gasteiger partial charge in [-0.3, -0.25) is 0 Å². The van der Waals surface area contributed by atoms with Crippen molar-refractivity contribution in [2.24, 2.45) is 0 Å². The molecule has 3 atom stereocenters. The Morgan fingerprint density at radius 1 is 0.677 bits per heavy atom. The monoisotopic (exact) mass is 442 g/mol. The maximum absolute atomic E-state index is 5.78. The second kappa shape index (κ2) is 10.7. The van der Waals surface area contributed by atoms with Crippen molar-refractivity contribution in [3.8, 4) is 5.75 Å². The number of benzene rings is 4. The molecule has 0 heterocycles. The first-order valence-electron chi connectivity index (χ1n) is 10.6. The van der Waals surface area contributed by atoms with Gasteiger partial charge in [0.2, 0.25) is 0 Å². The highest BCUT2D eigenvalue weighted by molar-refractivity contribution is 7.78. The minimum absolute atomic E-state index is 0.341. The maximum Gasteiger partial charge on any atom is 0.126 e. The van der Waals surface area contributed by atoms with E-state index in [-0.39, 0.29) is 0 Å². The fourth-order valence-electron chi connectivity index (χ4n) is 4.11. The van der Waals surface area contributed by atoms with E-state index >= 15 is 0 Å². The molecule has 3 heteroatoms. The third-order valence-corrected chi connectivity index (χ3v) is 9.38. The second-order valence-electron chi connectivity index (χ2n) is 7.55. The molecule has 0 N–H and O–H groups in total. The van der Waals surface area contributed by atoms with Crippen LogP contribution < -0.4 is 15.3 Å². The average molecular weight is 442 g/mol. The van der Waals surface area contributed by atoms with Crippen molar-refractivity contribution >= 4 is 27.8 Å². The van der Waals surface area contributed by atoms with Gasteiger partial charge >= 0.3 is 0 Å². The van der Waals surface area contributed by atoms with Gasteiger partial charge in [0.15, 0.2) is 0 Å². The Morgan fingerprint density at radius 3 is 1.71 bits per heavy atom. The van der Waals surface area contributed by atoms with Gasteiger partial charge in [0.05, 0.1) is 7.11 Å². The molecule has 0 amide bonds. The van der Waals surface area contributed by atoms with Crippen LogP contribution in [0.25, 0.3) is 0 Å². The van der Waals surface area contributed by atoms with Crippen LogP contribution in [0.2, 0.25) is 0 Å². The Labute approximate surface area is 189 Å². The van der Waals surface area contributed by atoms with Crippen LogP contribution in [0, 0.1) is 0 Å². The van der Waals surface area contributed by atoms with E-state index in [1.54, 1.807) is 7.11 Å². The highest BCUT2D eigenvalue weighted by atomic mass is 31.2. The van der Waals surface area contributed by atoms with Gasteiger partial charge in [-0.2, -0.15) is 0 Å². The average Bonchev–Trinajstić information content (AvgIpc) is 2.85. The Kier molecular flexibility index (Phi) is 7.52. The maximum atomic E-state index is 5.78. The predicted molar refractivity (Wildman–Crippen MR) is 138 cm³/mol. The summed E-state index contributed by atoms with van der Waals surface area (Å²) in [6, 6.07) is 41.1. The summed E-state index contributed by atoms with van der Waals surface area (Å²) in [6.45, 7) is 0. The lowest BCUT2D eigenvalue weighted by Crippen LogP contribution is -2.21. The Balaban J connectivity index is 1.74. The molecule has 4 aromatic rings. The van der Waals surface area contributed by atoms with Gasteiger partial charge in [-0.05, 0) is 36.8 Å². The first-order chi connectivity index (χ1) is 15.3. The lowest BCUT2D eigenvalue weighted by Gasteiger charge is -2.30. The lowest BCUT2D eigenvalue weighted by molar-refractivity contribution is 0.418. The molecule has 3 unspecified atom stereocenters. The summed E-state index contributed by atoms with van der Waals surface area (Å²) in [7, 11) is 4.34. The number of hydrogen-bond acceptors (Lipinski definition) is 1. The van der Waals surface area contributed by atoms with E-state index in [2.05, 4.69) is 125 Å². The van der Waals surface area contributed by atoms with Crippen molar-refractivity contribution in [2.75, 3.05) is 7.11 Å². The van der Waals surface area contributed by atoms with Crippen LogP contribution in [0.15, 0.2) is 115 Å². The van der Waals surface area contributed by atoms with Crippen LogP contribution >= 0.6 is 17.2 Å². The van der Waals surface area contributed by atoms with Gasteiger partial charge in [-0.25, -0.2) is 0 Å². The van der Waals surface area contributed by atoms with Crippen LogP contribution in [0.5, 0.6) is 5.75 Å². The minimum atomic E-state index is -0.614. The highest BCUT2D eigenvalue weighted by Gasteiger charge is 2.27. The molecular weight excluding hydrogens is 414 g/mol. The molecule has 0 saturated carbocycles. The molecule has 156 valence electrons. The molecule has 0 saturated heterocycles. The Morgan fingerprint density at radius 2 is 1.16 bits per heavy atom. The number of ether oxygens (including phenoxy) is 1. The normalized spacial score (nSPS) is 13.0. The van der Waals surface area contributed by atoms with E-state index in [4.69, 9.17) is 4.74 Å². The number of methoxy groups -OCH3 is 1. The van der Waals surface area contributed by atoms with Crippen LogP contribution in [0.4, 0.5) is 0 Å². The van der Waals surface area contributed by atoms with Gasteiger partial charge in [0, 0.05) is 16.6 Å². The topological polar surface area (TPSA) is 9.23 Å². The van der Waals surface area contributed by atoms with E-state index in [9.17, 15) is 0 Å². The molecule has 4 aromatic carbocycles. The molecular formula is C28H28OP2. The van der Waals surface area contributed by atoms with Crippen molar-refractivity contribution in [1.29, 1.82) is 0 Å². The summed E-state index contributed by atoms with van der Waals surface area (Å²) in [5.74, 6) is 1.31. The van der Waals surface area contributed by atoms with E-state index in [0.717, 1.165) is 12.2 Å². The molecule has 0 aliphatic rings. The standard InChI is InChI=1S/C28H28OP2/c1-29-26-19-11-12-20-27(26)31(24-17-9-4-10-18-24)28(30)21-25(22-13-5-2-6-14-22)23-15-7-3-8-16-23/h2-20,25,28H,21,30H2,1H3. The second-order valence-corrected chi connectivity index (χ2v) is 11.3. The summed E-state index contributed by atoms with van der Waals surface area (Å²) in [4.78, 5) is 0. The van der Waals surface area contributed by atoms with E-state index in [1.807, 2.05) is 0 Å². The van der Waals surface area contributed by atoms with Crippen molar-refractivity contribution in [2.45, 2.75) is 17.7 Å². The van der Waals surface area contributed by atoms with Crippen LogP contribution in [-0.4, -0.2) is 12.5 Å². The summed E-state index contributed by atoms with van der Waals surface area (Å²) in [5, 5.41) is 3.06. The molecule has 0 radical (unpaired) electrons. The van der Waals surface area contributed by atoms with Crippen molar-refractivity contribution in [3.05, 3.63) is 126 Å². The van der Waals surface area contributed by atoms with Crippen molar-refractivity contribution in [3.63, 3.8) is 0 Å². The molecule has 0 bridgehead atoms. The minimum Gasteiger partial charge on any atom is -0.496 e. The molecule has 0 fully saturated rings. The van der Waals surface area contributed by atoms with Gasteiger partial charge in [-0.15, -0.1) is 9.24 Å². The van der Waals surface area contributed by atoms with Crippen LogP contribution in [0.3, 0.4) is 0 Å².